The van der Waals surface area contributed by atoms with Crippen molar-refractivity contribution in [3.05, 3.63) is 154 Å². The number of nitrogens with zero attached hydrogens (tertiary/aromatic N) is 2. The summed E-state index contributed by atoms with van der Waals surface area (Å²) >= 11 is 0. The molecule has 5 aromatic rings. The van der Waals surface area contributed by atoms with Crippen LogP contribution in [0.2, 0.25) is 0 Å². The molecule has 5 aromatic carbocycles. The van der Waals surface area contributed by atoms with Crippen LogP contribution in [0, 0.1) is 23.7 Å². The van der Waals surface area contributed by atoms with Gasteiger partial charge in [0.15, 0.2) is 5.78 Å². The van der Waals surface area contributed by atoms with Gasteiger partial charge in [0.2, 0.25) is 11.5 Å². The largest absolute Gasteiger partial charge is 0.497 e. The Labute approximate surface area is 264 Å². The van der Waals surface area contributed by atoms with Gasteiger partial charge in [-0.1, -0.05) is 0 Å². The van der Waals surface area contributed by atoms with Gasteiger partial charge >= 0.3 is 0 Å². The first-order valence-corrected chi connectivity index (χ1v) is 14.2. The van der Waals surface area contributed by atoms with Gasteiger partial charge in [-0.2, -0.15) is 5.26 Å². The van der Waals surface area contributed by atoms with E-state index in [9.17, 15) is 14.4 Å². The minimum absolute atomic E-state index is 0.0202. The number of ketones is 1. The van der Waals surface area contributed by atoms with Crippen molar-refractivity contribution in [2.75, 3.05) is 20.3 Å². The topological polar surface area (TPSA) is 91.4 Å². The first-order valence-electron chi connectivity index (χ1n) is 14.2. The van der Waals surface area contributed by atoms with E-state index < -0.39 is 11.6 Å². The van der Waals surface area contributed by atoms with Crippen LogP contribution in [-0.2, 0) is 15.3 Å². The standard InChI is InChI=1S/C37H25FN2O6/c1-40-34-22-35(26(23-39)21-33(34)38)46-32-17-9-28(10-18-32)37(43-19-20-44-37)27-7-15-31(16-8-27)45-30-13-5-25(6-14-30)36(41)24-3-11-29(42-2)12-4-24/h3-18,21-22H,19-20H2,2H3. The fraction of sp³-hybridized carbons (Fsp3) is 0.108. The molecule has 0 amide bonds. The number of carbonyl (C=O) groups excluding carboxylic acids is 1. The van der Waals surface area contributed by atoms with Crippen LogP contribution in [0.1, 0.15) is 32.6 Å². The fourth-order valence-electron chi connectivity index (χ4n) is 5.04. The Morgan fingerprint density at radius 1 is 0.783 bits per heavy atom. The summed E-state index contributed by atoms with van der Waals surface area (Å²) in [6.45, 7) is 7.92. The highest BCUT2D eigenvalue weighted by Crippen LogP contribution is 2.40. The average Bonchev–Trinajstić information content (AvgIpc) is 3.61. The zero-order valence-corrected chi connectivity index (χ0v) is 24.5. The predicted octanol–water partition coefficient (Wildman–Crippen LogP) is 8.32. The average molecular weight is 613 g/mol. The summed E-state index contributed by atoms with van der Waals surface area (Å²) in [6.07, 6.45) is 0. The van der Waals surface area contributed by atoms with Gasteiger partial charge in [-0.15, -0.1) is 0 Å². The van der Waals surface area contributed by atoms with E-state index >= 15 is 0 Å². The minimum Gasteiger partial charge on any atom is -0.497 e. The van der Waals surface area contributed by atoms with E-state index in [4.69, 9.17) is 30.3 Å². The SMILES string of the molecule is [C-]#[N+]c1cc(Oc2ccc(C3(c4ccc(Oc5ccc(C(=O)c6ccc(OC)cc6)cc5)cc4)OCCO3)cc2)c(C#N)cc1F. The van der Waals surface area contributed by atoms with E-state index in [2.05, 4.69) is 4.85 Å². The molecule has 0 unspecified atom stereocenters. The second kappa shape index (κ2) is 12.9. The van der Waals surface area contributed by atoms with Crippen molar-refractivity contribution in [3.63, 3.8) is 0 Å². The van der Waals surface area contributed by atoms with Gasteiger partial charge in [0.25, 0.3) is 0 Å². The molecule has 1 aliphatic heterocycles. The highest BCUT2D eigenvalue weighted by molar-refractivity contribution is 6.09. The molecule has 0 radical (unpaired) electrons. The molecule has 226 valence electrons. The Morgan fingerprint density at radius 3 is 1.74 bits per heavy atom. The fourth-order valence-corrected chi connectivity index (χ4v) is 5.04. The minimum atomic E-state index is -1.16. The number of hydrogen-bond donors (Lipinski definition) is 0. The monoisotopic (exact) mass is 612 g/mol. The molecule has 1 aliphatic rings. The molecule has 1 saturated heterocycles. The van der Waals surface area contributed by atoms with Crippen LogP contribution in [0.15, 0.2) is 109 Å². The van der Waals surface area contributed by atoms with Crippen LogP contribution in [0.4, 0.5) is 10.1 Å². The lowest BCUT2D eigenvalue weighted by Crippen LogP contribution is -2.28. The van der Waals surface area contributed by atoms with Crippen LogP contribution < -0.4 is 14.2 Å². The number of nitriles is 1. The van der Waals surface area contributed by atoms with Crippen LogP contribution in [0.3, 0.4) is 0 Å². The Bertz CT molecular complexity index is 1950. The Morgan fingerprint density at radius 2 is 1.26 bits per heavy atom. The number of halogens is 1. The lowest BCUT2D eigenvalue weighted by molar-refractivity contribution is -0.129. The Kier molecular flexibility index (Phi) is 8.44. The molecule has 46 heavy (non-hydrogen) atoms. The lowest BCUT2D eigenvalue weighted by atomic mass is 9.97. The molecular weight excluding hydrogens is 587 g/mol. The molecule has 0 aromatic heterocycles. The summed E-state index contributed by atoms with van der Waals surface area (Å²) in [5.74, 6) is 0.267. The van der Waals surface area contributed by atoms with Gasteiger partial charge < -0.3 is 23.7 Å². The number of rotatable bonds is 9. The summed E-state index contributed by atoms with van der Waals surface area (Å²) in [5, 5.41) is 9.39. The highest BCUT2D eigenvalue weighted by atomic mass is 19.1. The third kappa shape index (κ3) is 6.01. The maximum Gasteiger partial charge on any atom is 0.225 e. The van der Waals surface area contributed by atoms with Gasteiger partial charge in [-0.05, 0) is 109 Å². The van der Waals surface area contributed by atoms with Crippen molar-refractivity contribution in [2.24, 2.45) is 0 Å². The molecule has 0 atom stereocenters. The smallest absolute Gasteiger partial charge is 0.225 e. The van der Waals surface area contributed by atoms with Crippen molar-refractivity contribution >= 4 is 11.5 Å². The first kappa shape index (κ1) is 30.0. The van der Waals surface area contributed by atoms with Gasteiger partial charge in [0.05, 0.1) is 32.5 Å². The van der Waals surface area contributed by atoms with E-state index in [1.807, 2.05) is 30.3 Å². The molecule has 0 spiro atoms. The van der Waals surface area contributed by atoms with E-state index in [0.29, 0.717) is 52.9 Å². The number of ether oxygens (including phenoxy) is 5. The lowest BCUT2D eigenvalue weighted by Gasteiger charge is -2.28. The molecule has 8 nitrogen and oxygen atoms in total. The van der Waals surface area contributed by atoms with E-state index in [1.165, 1.54) is 6.07 Å². The third-order valence-electron chi connectivity index (χ3n) is 7.38. The number of benzene rings is 5. The van der Waals surface area contributed by atoms with E-state index in [1.54, 1.807) is 79.9 Å². The summed E-state index contributed by atoms with van der Waals surface area (Å²) in [5.41, 5.74) is 2.31. The summed E-state index contributed by atoms with van der Waals surface area (Å²) in [4.78, 5) is 16.0. The quantitative estimate of drug-likeness (QED) is 0.122. The molecule has 6 rings (SSSR count). The molecular formula is C37H25FN2O6. The van der Waals surface area contributed by atoms with E-state index in [0.717, 1.165) is 11.6 Å². The predicted molar refractivity (Wildman–Crippen MR) is 166 cm³/mol. The van der Waals surface area contributed by atoms with Crippen LogP contribution in [-0.4, -0.2) is 26.1 Å². The highest BCUT2D eigenvalue weighted by Gasteiger charge is 2.40. The molecule has 0 aliphatic carbocycles. The Hall–Kier alpha value is -6.00. The summed E-state index contributed by atoms with van der Waals surface area (Å²) in [7, 11) is 1.58. The van der Waals surface area contributed by atoms with Crippen molar-refractivity contribution in [3.8, 4) is 34.8 Å². The molecule has 1 fully saturated rings. The third-order valence-corrected chi connectivity index (χ3v) is 7.38. The summed E-state index contributed by atoms with van der Waals surface area (Å²) in [6, 6.07) is 32.2. The van der Waals surface area contributed by atoms with E-state index in [-0.39, 0.29) is 22.8 Å². The normalized spacial score (nSPS) is 13.3. The zero-order chi connectivity index (χ0) is 32.1. The number of carbonyl (C=O) groups is 1. The van der Waals surface area contributed by atoms with Gasteiger partial charge in [0.1, 0.15) is 40.6 Å². The van der Waals surface area contributed by atoms with Crippen LogP contribution in [0.25, 0.3) is 4.85 Å². The number of hydrogen-bond acceptors (Lipinski definition) is 7. The van der Waals surface area contributed by atoms with Crippen molar-refractivity contribution < 1.29 is 32.9 Å². The maximum absolute atomic E-state index is 14.0. The summed E-state index contributed by atoms with van der Waals surface area (Å²) < 4.78 is 43.2. The number of methoxy groups -OCH3 is 1. The van der Waals surface area contributed by atoms with Crippen molar-refractivity contribution in [1.82, 2.24) is 0 Å². The molecule has 9 heteroatoms. The van der Waals surface area contributed by atoms with Crippen LogP contribution in [0.5, 0.6) is 28.7 Å². The molecule has 0 bridgehead atoms. The molecule has 1 heterocycles. The van der Waals surface area contributed by atoms with Gasteiger partial charge in [-0.25, -0.2) is 9.24 Å². The Balaban J connectivity index is 1.16. The first-order chi connectivity index (χ1) is 22.4. The van der Waals surface area contributed by atoms with Crippen LogP contribution >= 0.6 is 0 Å². The molecule has 0 N–H and O–H groups in total. The van der Waals surface area contributed by atoms with Gasteiger partial charge in [-0.3, -0.25) is 4.79 Å². The van der Waals surface area contributed by atoms with Crippen molar-refractivity contribution in [2.45, 2.75) is 5.79 Å². The second-order valence-corrected chi connectivity index (χ2v) is 10.2. The van der Waals surface area contributed by atoms with Crippen molar-refractivity contribution in [1.29, 1.82) is 5.26 Å². The molecule has 0 saturated carbocycles. The second-order valence-electron chi connectivity index (χ2n) is 10.2. The zero-order valence-electron chi connectivity index (χ0n) is 24.5. The van der Waals surface area contributed by atoms with Gasteiger partial charge in [0, 0.05) is 22.3 Å². The maximum atomic E-state index is 14.0.